The molecule has 0 radical (unpaired) electrons. The van der Waals surface area contributed by atoms with E-state index in [-0.39, 0.29) is 50.0 Å². The second-order valence-corrected chi connectivity index (χ2v) is 24.0. The average Bonchev–Trinajstić information content (AvgIpc) is 1.50. The predicted octanol–water partition coefficient (Wildman–Crippen LogP) is 4.11. The van der Waals surface area contributed by atoms with Crippen LogP contribution in [-0.2, 0) is 33.6 Å². The molecule has 10 amide bonds. The van der Waals surface area contributed by atoms with E-state index in [1.54, 1.807) is 97.1 Å². The van der Waals surface area contributed by atoms with Crippen LogP contribution in [0.15, 0.2) is 146 Å². The molecule has 0 aliphatic carbocycles. The number of benzene rings is 6. The van der Waals surface area contributed by atoms with Crippen molar-refractivity contribution < 1.29 is 47.9 Å². The number of pyridine rings is 3. The van der Waals surface area contributed by atoms with Crippen LogP contribution in [0.3, 0.4) is 0 Å². The first-order valence-electron chi connectivity index (χ1n) is 30.8. The SMILES string of the molecule is CC(=O)N[C@H]1C[C@@H](C(=O)N[C@H]2C[C@@H](C(=O)N[C@H]3C[C@@H](C(N)=O)N(C(=O)CNC(=O)c4c5ccccc5nc5c4[nH]c4ccccc45)C3)N(C(=O)CNC(=O)c3c4ccccc4nc4c3[nH]c3ccccc34)C2)N(C(=O)CNC(=O)c2c3ccccc3nc3ccccc23)C1. The summed E-state index contributed by atoms with van der Waals surface area (Å²) in [5.41, 5.74) is 12.5. The molecule has 3 aliphatic heterocycles. The van der Waals surface area contributed by atoms with E-state index in [0.717, 1.165) is 21.8 Å². The number of nitrogens with zero attached hydrogens (tertiary/aromatic N) is 6. The number of para-hydroxylation sites is 6. The van der Waals surface area contributed by atoms with Crippen molar-refractivity contribution in [1.82, 2.24) is 71.5 Å². The molecule has 25 heteroatoms. The zero-order chi connectivity index (χ0) is 65.1. The highest BCUT2D eigenvalue weighted by Gasteiger charge is 2.46. The number of likely N-dealkylation sites (tertiary alicyclic amines) is 3. The summed E-state index contributed by atoms with van der Waals surface area (Å²) in [4.78, 5) is 166. The molecule has 6 atom stereocenters. The number of primary amides is 1. The van der Waals surface area contributed by atoms with Gasteiger partial charge >= 0.3 is 0 Å². The van der Waals surface area contributed by atoms with Gasteiger partial charge in [0.25, 0.3) is 17.7 Å². The standard InChI is InChI=1S/C69H61N15O10/c1-35(85)74-36-27-52(83(32-36)55(87)30-71-67(92)57-39-14-2-8-20-45(39)77-46-21-9-3-15-40(46)57)65(90)76-38-28-53(84(34-38)56(88)31-73-69(94)59-42-17-5-11-23-48(42)79-61-44-19-7-13-25-50(44)81-63(59)61)66(91)75-37-26-51(64(70)89)82(33-37)54(86)29-72-68(93)58-41-16-4-10-22-47(41)78-60-43-18-6-12-24-49(43)80-62(58)60/h2-25,36-38,51-53,80-81H,26-34H2,1H3,(H2,70,89)(H,71,92)(H,72,93)(H,73,94)(H,74,85)(H,75,91)(H,76,90)/t36-,37-,38-,51-,52-,53-/m0/s1. The van der Waals surface area contributed by atoms with Crippen LogP contribution in [0.1, 0.15) is 57.3 Å². The fourth-order valence-corrected chi connectivity index (χ4v) is 13.8. The summed E-state index contributed by atoms with van der Waals surface area (Å²) < 4.78 is 0. The lowest BCUT2D eigenvalue weighted by Gasteiger charge is -2.26. The maximum Gasteiger partial charge on any atom is 0.254 e. The molecule has 11 aromatic rings. The number of rotatable bonds is 15. The Hall–Kier alpha value is -11.9. The summed E-state index contributed by atoms with van der Waals surface area (Å²) in [5.74, 6) is -6.38. The Labute approximate surface area is 533 Å². The Morgan fingerprint density at radius 3 is 1.13 bits per heavy atom. The van der Waals surface area contributed by atoms with Crippen molar-refractivity contribution in [2.75, 3.05) is 39.3 Å². The Bertz CT molecular complexity index is 4990. The lowest BCUT2D eigenvalue weighted by molar-refractivity contribution is -0.138. The van der Waals surface area contributed by atoms with Crippen LogP contribution in [-0.4, -0.2) is 174 Å². The van der Waals surface area contributed by atoms with Crippen molar-refractivity contribution in [2.24, 2.45) is 5.73 Å². The highest BCUT2D eigenvalue weighted by molar-refractivity contribution is 6.22. The van der Waals surface area contributed by atoms with Crippen LogP contribution >= 0.6 is 0 Å². The van der Waals surface area contributed by atoms with Crippen LogP contribution in [0, 0.1) is 0 Å². The first kappa shape index (κ1) is 59.7. The first-order valence-corrected chi connectivity index (χ1v) is 30.8. The highest BCUT2D eigenvalue weighted by Crippen LogP contribution is 2.34. The average molecular weight is 1260 g/mol. The molecule has 5 aromatic heterocycles. The Balaban J connectivity index is 0.698. The fraction of sp³-hybridized carbons (Fsp3) is 0.232. The van der Waals surface area contributed by atoms with Gasteiger partial charge in [0.2, 0.25) is 41.4 Å². The number of carbonyl (C=O) groups is 10. The number of amides is 10. The monoisotopic (exact) mass is 1260 g/mol. The van der Waals surface area contributed by atoms with E-state index >= 15 is 0 Å². The van der Waals surface area contributed by atoms with Gasteiger partial charge in [-0.1, -0.05) is 109 Å². The molecule has 14 rings (SSSR count). The number of nitrogens with two attached hydrogens (primary N) is 1. The lowest BCUT2D eigenvalue weighted by atomic mass is 10.0. The van der Waals surface area contributed by atoms with Gasteiger partial charge in [-0.2, -0.15) is 0 Å². The molecule has 0 saturated carbocycles. The molecular weight excluding hydrogens is 1200 g/mol. The first-order chi connectivity index (χ1) is 45.5. The fourth-order valence-electron chi connectivity index (χ4n) is 13.8. The minimum absolute atomic E-state index is 0.0143. The van der Waals surface area contributed by atoms with Gasteiger partial charge < -0.3 is 62.3 Å². The number of carbonyl (C=O) groups excluding carboxylic acids is 10. The predicted molar refractivity (Wildman–Crippen MR) is 349 cm³/mol. The molecule has 472 valence electrons. The number of aromatic amines is 2. The summed E-state index contributed by atoms with van der Waals surface area (Å²) in [7, 11) is 0. The third kappa shape index (κ3) is 11.0. The Morgan fingerprint density at radius 1 is 0.415 bits per heavy atom. The van der Waals surface area contributed by atoms with Crippen molar-refractivity contribution in [2.45, 2.75) is 62.4 Å². The summed E-state index contributed by atoms with van der Waals surface area (Å²) in [6.07, 6.45) is -0.309. The lowest BCUT2D eigenvalue weighted by Crippen LogP contribution is -2.52. The van der Waals surface area contributed by atoms with E-state index in [1.165, 1.54) is 21.6 Å². The third-order valence-electron chi connectivity index (χ3n) is 18.0. The van der Waals surface area contributed by atoms with Gasteiger partial charge in [-0.05, 0) is 55.7 Å². The van der Waals surface area contributed by atoms with Gasteiger partial charge in [0.15, 0.2) is 0 Å². The molecule has 0 bridgehead atoms. The smallest absolute Gasteiger partial charge is 0.254 e. The Morgan fingerprint density at radius 2 is 0.734 bits per heavy atom. The van der Waals surface area contributed by atoms with Gasteiger partial charge in [-0.25, -0.2) is 15.0 Å². The van der Waals surface area contributed by atoms with Gasteiger partial charge in [-0.15, -0.1) is 0 Å². The van der Waals surface area contributed by atoms with Crippen LogP contribution in [0.4, 0.5) is 0 Å². The molecule has 3 saturated heterocycles. The van der Waals surface area contributed by atoms with Crippen LogP contribution in [0.2, 0.25) is 0 Å². The van der Waals surface area contributed by atoms with Gasteiger partial charge in [0, 0.05) is 88.0 Å². The van der Waals surface area contributed by atoms with E-state index in [2.05, 4.69) is 41.9 Å². The molecule has 6 aromatic carbocycles. The van der Waals surface area contributed by atoms with Crippen molar-refractivity contribution >= 4 is 147 Å². The van der Waals surface area contributed by atoms with Crippen LogP contribution in [0.25, 0.3) is 87.5 Å². The van der Waals surface area contributed by atoms with Gasteiger partial charge in [0.05, 0.1) is 80.5 Å². The third-order valence-corrected chi connectivity index (χ3v) is 18.0. The minimum Gasteiger partial charge on any atom is -0.368 e. The van der Waals surface area contributed by atoms with E-state index in [0.29, 0.717) is 71.2 Å². The molecule has 94 heavy (non-hydrogen) atoms. The summed E-state index contributed by atoms with van der Waals surface area (Å²) in [5, 5.41) is 20.7. The van der Waals surface area contributed by atoms with Crippen molar-refractivity contribution in [3.63, 3.8) is 0 Å². The summed E-state index contributed by atoms with van der Waals surface area (Å²) >= 11 is 0. The zero-order valence-corrected chi connectivity index (χ0v) is 50.5. The molecule has 25 nitrogen and oxygen atoms in total. The number of hydrogen-bond donors (Lipinski definition) is 9. The van der Waals surface area contributed by atoms with Crippen LogP contribution < -0.4 is 37.6 Å². The zero-order valence-electron chi connectivity index (χ0n) is 50.5. The second kappa shape index (κ2) is 24.4. The summed E-state index contributed by atoms with van der Waals surface area (Å²) in [6.45, 7) is -0.912. The molecular formula is C69H61N15O10. The topological polar surface area (TPSA) is 349 Å². The highest BCUT2D eigenvalue weighted by atomic mass is 16.2. The number of hydrogen-bond acceptors (Lipinski definition) is 13. The molecule has 3 fully saturated rings. The van der Waals surface area contributed by atoms with E-state index in [1.807, 2.05) is 48.5 Å². The largest absolute Gasteiger partial charge is 0.368 e. The number of nitrogens with one attached hydrogen (secondary N) is 8. The molecule has 3 aliphatic rings. The van der Waals surface area contributed by atoms with E-state index < -0.39 is 115 Å². The van der Waals surface area contributed by atoms with Crippen molar-refractivity contribution in [1.29, 1.82) is 0 Å². The van der Waals surface area contributed by atoms with Crippen molar-refractivity contribution in [3.05, 3.63) is 162 Å². The van der Waals surface area contributed by atoms with Crippen molar-refractivity contribution in [3.8, 4) is 0 Å². The number of H-pyrrole nitrogens is 2. The quantitative estimate of drug-likeness (QED) is 0.0654. The number of fused-ring (bicyclic) bond motifs is 10. The summed E-state index contributed by atoms with van der Waals surface area (Å²) in [6, 6.07) is 37.2. The normalized spacial score (nSPS) is 18.8. The Kier molecular flexibility index (Phi) is 15.5. The molecule has 10 N–H and O–H groups in total. The minimum atomic E-state index is -1.31. The van der Waals surface area contributed by atoms with Crippen LogP contribution in [0.5, 0.6) is 0 Å². The molecule has 8 heterocycles. The number of aromatic nitrogens is 5. The maximum absolute atomic E-state index is 14.9. The maximum atomic E-state index is 14.9. The van der Waals surface area contributed by atoms with Gasteiger partial charge in [-0.3, -0.25) is 47.9 Å². The van der Waals surface area contributed by atoms with Gasteiger partial charge in [0.1, 0.15) is 18.1 Å². The molecule has 0 spiro atoms. The van der Waals surface area contributed by atoms with E-state index in [9.17, 15) is 47.9 Å². The molecule has 0 unspecified atom stereocenters. The second-order valence-electron chi connectivity index (χ2n) is 24.0. The van der Waals surface area contributed by atoms with E-state index in [4.69, 9.17) is 20.7 Å².